The first-order valence-corrected chi connectivity index (χ1v) is 9.71. The number of carbonyl (C=O) groups is 1. The van der Waals surface area contributed by atoms with Gasteiger partial charge in [-0.05, 0) is 55.2 Å². The molecule has 6 nitrogen and oxygen atoms in total. The number of hydrogen-bond donors (Lipinski definition) is 1. The molecule has 0 radical (unpaired) electrons. The van der Waals surface area contributed by atoms with Gasteiger partial charge in [0.1, 0.15) is 5.82 Å². The number of benzene rings is 1. The lowest BCUT2D eigenvalue weighted by atomic mass is 9.96. The Balaban J connectivity index is 1.36. The zero-order valence-electron chi connectivity index (χ0n) is 16.1. The molecule has 1 aliphatic rings. The smallest absolute Gasteiger partial charge is 0.321 e. The van der Waals surface area contributed by atoms with Gasteiger partial charge in [0.15, 0.2) is 0 Å². The number of pyridine rings is 1. The quantitative estimate of drug-likeness (QED) is 0.748. The molecule has 3 aromatic rings. The largest absolute Gasteiger partial charge is 0.330 e. The normalized spacial score (nSPS) is 14.8. The van der Waals surface area contributed by atoms with Gasteiger partial charge in [-0.3, -0.25) is 4.98 Å². The van der Waals surface area contributed by atoms with Crippen LogP contribution >= 0.6 is 0 Å². The van der Waals surface area contributed by atoms with Crippen molar-refractivity contribution in [1.29, 1.82) is 0 Å². The molecule has 2 amide bonds. The molecule has 1 N–H and O–H groups in total. The molecule has 1 aromatic carbocycles. The van der Waals surface area contributed by atoms with Gasteiger partial charge in [-0.2, -0.15) is 0 Å². The molecule has 0 aliphatic carbocycles. The van der Waals surface area contributed by atoms with Crippen LogP contribution in [0.3, 0.4) is 0 Å². The van der Waals surface area contributed by atoms with Crippen molar-refractivity contribution in [2.45, 2.75) is 32.2 Å². The number of piperidine rings is 1. The zero-order valence-corrected chi connectivity index (χ0v) is 16.1. The number of urea groups is 1. The summed E-state index contributed by atoms with van der Waals surface area (Å²) in [5.41, 5.74) is 3.20. The highest BCUT2D eigenvalue weighted by molar-refractivity contribution is 5.89. The van der Waals surface area contributed by atoms with Crippen molar-refractivity contribution in [3.8, 4) is 0 Å². The Morgan fingerprint density at radius 1 is 1.14 bits per heavy atom. The molecule has 6 heteroatoms. The van der Waals surface area contributed by atoms with Gasteiger partial charge in [0, 0.05) is 56.0 Å². The van der Waals surface area contributed by atoms with Crippen molar-refractivity contribution in [2.24, 2.45) is 0 Å². The SMILES string of the molecule is Cc1cccc(NC(=O)N2CCC(c3nccn3Cc3ccncc3)CC2)c1. The first-order valence-electron chi connectivity index (χ1n) is 9.71. The third-order valence-corrected chi connectivity index (χ3v) is 5.27. The first kappa shape index (κ1) is 18.2. The lowest BCUT2D eigenvalue weighted by molar-refractivity contribution is 0.193. The van der Waals surface area contributed by atoms with Crippen molar-refractivity contribution in [2.75, 3.05) is 18.4 Å². The molecule has 4 rings (SSSR count). The van der Waals surface area contributed by atoms with E-state index in [0.29, 0.717) is 5.92 Å². The fraction of sp³-hybridized carbons (Fsp3) is 0.318. The maximum Gasteiger partial charge on any atom is 0.321 e. The van der Waals surface area contributed by atoms with Crippen molar-refractivity contribution >= 4 is 11.7 Å². The summed E-state index contributed by atoms with van der Waals surface area (Å²) in [5, 5.41) is 3.01. The second-order valence-corrected chi connectivity index (χ2v) is 7.33. The summed E-state index contributed by atoms with van der Waals surface area (Å²) in [6, 6.07) is 11.9. The van der Waals surface area contributed by atoms with E-state index in [1.165, 1.54) is 5.56 Å². The van der Waals surface area contributed by atoms with Gasteiger partial charge >= 0.3 is 6.03 Å². The highest BCUT2D eigenvalue weighted by Gasteiger charge is 2.26. The Labute approximate surface area is 165 Å². The van der Waals surface area contributed by atoms with Crippen LogP contribution in [-0.2, 0) is 6.54 Å². The second kappa shape index (κ2) is 8.25. The molecule has 1 aliphatic heterocycles. The average Bonchev–Trinajstić information content (AvgIpc) is 3.17. The van der Waals surface area contributed by atoms with Crippen LogP contribution in [0.4, 0.5) is 10.5 Å². The predicted octanol–water partition coefficient (Wildman–Crippen LogP) is 4.05. The van der Waals surface area contributed by atoms with Crippen molar-refractivity contribution in [1.82, 2.24) is 19.4 Å². The Kier molecular flexibility index (Phi) is 5.37. The number of nitrogens with zero attached hydrogens (tertiary/aromatic N) is 4. The van der Waals surface area contributed by atoms with Crippen molar-refractivity contribution < 1.29 is 4.79 Å². The minimum atomic E-state index is -0.0239. The van der Waals surface area contributed by atoms with E-state index >= 15 is 0 Å². The molecule has 2 aromatic heterocycles. The summed E-state index contributed by atoms with van der Waals surface area (Å²) < 4.78 is 2.21. The summed E-state index contributed by atoms with van der Waals surface area (Å²) in [7, 11) is 0. The number of likely N-dealkylation sites (tertiary alicyclic amines) is 1. The fourth-order valence-electron chi connectivity index (χ4n) is 3.77. The lowest BCUT2D eigenvalue weighted by Gasteiger charge is -2.32. The standard InChI is InChI=1S/C22H25N5O/c1-17-3-2-4-20(15-17)25-22(28)26-12-7-19(8-13-26)21-24-11-14-27(21)16-18-5-9-23-10-6-18/h2-6,9-11,14-15,19H,7-8,12-13,16H2,1H3,(H,25,28). The molecule has 0 spiro atoms. The third-order valence-electron chi connectivity index (χ3n) is 5.27. The van der Waals surface area contributed by atoms with Crippen LogP contribution in [0.15, 0.2) is 61.2 Å². The van der Waals surface area contributed by atoms with E-state index in [1.807, 2.05) is 73.0 Å². The number of carbonyl (C=O) groups excluding carboxylic acids is 1. The molecule has 1 fully saturated rings. The molecule has 0 unspecified atom stereocenters. The highest BCUT2D eigenvalue weighted by Crippen LogP contribution is 2.27. The fourth-order valence-corrected chi connectivity index (χ4v) is 3.77. The average molecular weight is 375 g/mol. The van der Waals surface area contributed by atoms with Gasteiger partial charge in [0.2, 0.25) is 0 Å². The summed E-state index contributed by atoms with van der Waals surface area (Å²) >= 11 is 0. The van der Waals surface area contributed by atoms with Crippen LogP contribution in [0, 0.1) is 6.92 Å². The molecule has 0 atom stereocenters. The minimum absolute atomic E-state index is 0.0239. The van der Waals surface area contributed by atoms with Gasteiger partial charge in [-0.25, -0.2) is 9.78 Å². The van der Waals surface area contributed by atoms with Crippen LogP contribution in [0.1, 0.15) is 35.7 Å². The highest BCUT2D eigenvalue weighted by atomic mass is 16.2. The van der Waals surface area contributed by atoms with Gasteiger partial charge < -0.3 is 14.8 Å². The summed E-state index contributed by atoms with van der Waals surface area (Å²) in [4.78, 5) is 23.2. The number of aromatic nitrogens is 3. The van der Waals surface area contributed by atoms with E-state index in [0.717, 1.165) is 49.6 Å². The third kappa shape index (κ3) is 4.22. The predicted molar refractivity (Wildman–Crippen MR) is 109 cm³/mol. The van der Waals surface area contributed by atoms with Crippen LogP contribution in [0.25, 0.3) is 0 Å². The summed E-state index contributed by atoms with van der Waals surface area (Å²) in [5.74, 6) is 1.48. The monoisotopic (exact) mass is 375 g/mol. The molecule has 28 heavy (non-hydrogen) atoms. The van der Waals surface area contributed by atoms with E-state index in [2.05, 4.69) is 19.9 Å². The second-order valence-electron chi connectivity index (χ2n) is 7.33. The maximum absolute atomic E-state index is 12.6. The first-order chi connectivity index (χ1) is 13.7. The molecule has 0 bridgehead atoms. The van der Waals surface area contributed by atoms with Gasteiger partial charge in [-0.1, -0.05) is 12.1 Å². The topological polar surface area (TPSA) is 63.1 Å². The van der Waals surface area contributed by atoms with E-state index in [4.69, 9.17) is 0 Å². The molecule has 1 saturated heterocycles. The zero-order chi connectivity index (χ0) is 19.3. The molecule has 144 valence electrons. The van der Waals surface area contributed by atoms with E-state index in [-0.39, 0.29) is 6.03 Å². The maximum atomic E-state index is 12.6. The lowest BCUT2D eigenvalue weighted by Crippen LogP contribution is -2.41. The summed E-state index contributed by atoms with van der Waals surface area (Å²) in [6.07, 6.45) is 9.39. The van der Waals surface area contributed by atoms with Crippen LogP contribution in [0.5, 0.6) is 0 Å². The van der Waals surface area contributed by atoms with Crippen molar-refractivity contribution in [3.63, 3.8) is 0 Å². The Bertz CT molecular complexity index is 929. The number of imidazole rings is 1. The number of amides is 2. The Morgan fingerprint density at radius 2 is 1.93 bits per heavy atom. The number of aryl methyl sites for hydroxylation is 1. The number of hydrogen-bond acceptors (Lipinski definition) is 3. The number of anilines is 1. The van der Waals surface area contributed by atoms with Gasteiger partial charge in [0.25, 0.3) is 0 Å². The van der Waals surface area contributed by atoms with Crippen molar-refractivity contribution in [3.05, 3.63) is 78.1 Å². The number of rotatable bonds is 4. The van der Waals surface area contributed by atoms with Crippen LogP contribution in [-0.4, -0.2) is 38.6 Å². The van der Waals surface area contributed by atoms with Crippen LogP contribution in [0.2, 0.25) is 0 Å². The minimum Gasteiger partial charge on any atom is -0.330 e. The summed E-state index contributed by atoms with van der Waals surface area (Å²) in [6.45, 7) is 4.30. The molecule has 3 heterocycles. The number of nitrogens with one attached hydrogen (secondary N) is 1. The van der Waals surface area contributed by atoms with E-state index in [1.54, 1.807) is 0 Å². The van der Waals surface area contributed by atoms with Gasteiger partial charge in [0.05, 0.1) is 0 Å². The molecular weight excluding hydrogens is 350 g/mol. The van der Waals surface area contributed by atoms with E-state index in [9.17, 15) is 4.79 Å². The molecular formula is C22H25N5O. The Morgan fingerprint density at radius 3 is 2.68 bits per heavy atom. The van der Waals surface area contributed by atoms with Crippen LogP contribution < -0.4 is 5.32 Å². The van der Waals surface area contributed by atoms with Gasteiger partial charge in [-0.15, -0.1) is 0 Å². The van der Waals surface area contributed by atoms with E-state index < -0.39 is 0 Å². The Hall–Kier alpha value is -3.15. The molecule has 0 saturated carbocycles.